The molecule has 8 heteroatoms. The molecule has 2 aromatic heterocycles. The number of amides is 1. The van der Waals surface area contributed by atoms with E-state index in [4.69, 9.17) is 13.9 Å². The minimum atomic E-state index is -0.645. The number of Topliss-reactive ketones (excluding diaryl/α,β-unsaturated/α-hetero) is 1. The van der Waals surface area contributed by atoms with Crippen molar-refractivity contribution in [2.75, 3.05) is 12.4 Å². The zero-order chi connectivity index (χ0) is 26.9. The molecule has 3 aromatic rings. The van der Waals surface area contributed by atoms with Crippen LogP contribution >= 0.6 is 0 Å². The summed E-state index contributed by atoms with van der Waals surface area (Å²) in [4.78, 5) is 31.3. The van der Waals surface area contributed by atoms with E-state index in [9.17, 15) is 9.59 Å². The molecule has 2 N–H and O–H groups in total. The number of rotatable bonds is 7. The summed E-state index contributed by atoms with van der Waals surface area (Å²) >= 11 is 0. The molecule has 1 aromatic carbocycles. The second kappa shape index (κ2) is 10.2. The van der Waals surface area contributed by atoms with Crippen molar-refractivity contribution in [3.63, 3.8) is 0 Å². The van der Waals surface area contributed by atoms with Crippen LogP contribution in [0, 0.1) is 5.41 Å². The Morgan fingerprint density at radius 2 is 1.87 bits per heavy atom. The first kappa shape index (κ1) is 25.3. The van der Waals surface area contributed by atoms with Crippen molar-refractivity contribution in [2.24, 2.45) is 5.41 Å². The van der Waals surface area contributed by atoms with Gasteiger partial charge in [-0.15, -0.1) is 0 Å². The van der Waals surface area contributed by atoms with E-state index in [1.54, 1.807) is 31.5 Å². The number of pyridine rings is 1. The summed E-state index contributed by atoms with van der Waals surface area (Å²) in [5.74, 6) is 1.98. The second-order valence-electron chi connectivity index (χ2n) is 10.4. The Hall–Kier alpha value is -4.33. The van der Waals surface area contributed by atoms with Crippen LogP contribution in [0.2, 0.25) is 0 Å². The van der Waals surface area contributed by atoms with Gasteiger partial charge in [-0.05, 0) is 67.3 Å². The molecule has 0 saturated carbocycles. The van der Waals surface area contributed by atoms with E-state index in [1.165, 1.54) is 0 Å². The minimum Gasteiger partial charge on any atom is -0.497 e. The first-order valence-corrected chi connectivity index (χ1v) is 12.6. The SMILES string of the molecule is COc1ccc(OCc2ccc([C@H]3C(C(=O)Nc4ccccn4)=C(C)NC4=C3C(=O)CC(C)(C)C4)o2)cc1. The first-order chi connectivity index (χ1) is 18.2. The standard InChI is InChI=1S/C30H31N3O5/c1-18-26(29(35)33-25-7-5-6-14-31-25)28(27-22(32-18)15-30(2,3)16-23(27)34)24-13-12-21(38-24)17-37-20-10-8-19(36-4)9-11-20/h5-14,28,32H,15-17H2,1-4H3,(H,31,33,35)/t28-/m0/s1. The lowest BCUT2D eigenvalue weighted by Crippen LogP contribution is -2.39. The van der Waals surface area contributed by atoms with Gasteiger partial charge in [-0.1, -0.05) is 19.9 Å². The number of nitrogens with one attached hydrogen (secondary N) is 2. The van der Waals surface area contributed by atoms with Crippen LogP contribution in [-0.2, 0) is 16.2 Å². The highest BCUT2D eigenvalue weighted by molar-refractivity contribution is 6.09. The van der Waals surface area contributed by atoms with Gasteiger partial charge in [0.05, 0.1) is 18.6 Å². The molecule has 5 rings (SSSR count). The third-order valence-electron chi connectivity index (χ3n) is 6.80. The molecule has 0 unspecified atom stereocenters. The number of nitrogens with zero attached hydrogens (tertiary/aromatic N) is 1. The number of furan rings is 1. The Morgan fingerprint density at radius 1 is 1.11 bits per heavy atom. The molecule has 2 aliphatic rings. The summed E-state index contributed by atoms with van der Waals surface area (Å²) < 4.78 is 17.3. The Kier molecular flexibility index (Phi) is 6.80. The smallest absolute Gasteiger partial charge is 0.255 e. The third-order valence-corrected chi connectivity index (χ3v) is 6.80. The van der Waals surface area contributed by atoms with Gasteiger partial charge < -0.3 is 24.5 Å². The van der Waals surface area contributed by atoms with Crippen molar-refractivity contribution >= 4 is 17.5 Å². The van der Waals surface area contributed by atoms with Gasteiger partial charge in [0.15, 0.2) is 5.78 Å². The Balaban J connectivity index is 1.46. The molecule has 0 spiro atoms. The number of carbonyl (C=O) groups excluding carboxylic acids is 2. The monoisotopic (exact) mass is 513 g/mol. The largest absolute Gasteiger partial charge is 0.497 e. The molecule has 8 nitrogen and oxygen atoms in total. The number of benzene rings is 1. The van der Waals surface area contributed by atoms with Crippen LogP contribution in [0.5, 0.6) is 11.5 Å². The predicted octanol–water partition coefficient (Wildman–Crippen LogP) is 5.50. The van der Waals surface area contributed by atoms with Crippen LogP contribution in [0.25, 0.3) is 0 Å². The molecule has 1 amide bonds. The number of dihydropyridines is 1. The number of hydrogen-bond donors (Lipinski definition) is 2. The van der Waals surface area contributed by atoms with Crippen LogP contribution in [0.3, 0.4) is 0 Å². The van der Waals surface area contributed by atoms with Crippen LogP contribution in [0.15, 0.2) is 87.8 Å². The summed E-state index contributed by atoms with van der Waals surface area (Å²) in [6.45, 7) is 6.21. The number of hydrogen-bond acceptors (Lipinski definition) is 7. The van der Waals surface area contributed by atoms with E-state index in [2.05, 4.69) is 29.5 Å². The van der Waals surface area contributed by atoms with Gasteiger partial charge in [0, 0.05) is 29.6 Å². The van der Waals surface area contributed by atoms with Crippen molar-refractivity contribution in [1.82, 2.24) is 10.3 Å². The van der Waals surface area contributed by atoms with Gasteiger partial charge in [-0.2, -0.15) is 0 Å². The van der Waals surface area contributed by atoms with Crippen molar-refractivity contribution in [3.8, 4) is 11.5 Å². The number of ether oxygens (including phenoxy) is 2. The molecular weight excluding hydrogens is 482 g/mol. The summed E-state index contributed by atoms with van der Waals surface area (Å²) in [6, 6.07) is 16.2. The zero-order valence-electron chi connectivity index (χ0n) is 22.0. The molecule has 1 aliphatic carbocycles. The van der Waals surface area contributed by atoms with Gasteiger partial charge in [0.25, 0.3) is 5.91 Å². The minimum absolute atomic E-state index is 0.0109. The van der Waals surface area contributed by atoms with Crippen molar-refractivity contribution < 1.29 is 23.5 Å². The second-order valence-corrected chi connectivity index (χ2v) is 10.4. The van der Waals surface area contributed by atoms with E-state index in [0.29, 0.717) is 52.8 Å². The maximum absolute atomic E-state index is 13.6. The first-order valence-electron chi connectivity index (χ1n) is 12.6. The van der Waals surface area contributed by atoms with Gasteiger partial charge in [-0.3, -0.25) is 9.59 Å². The normalized spacial score (nSPS) is 18.5. The quantitative estimate of drug-likeness (QED) is 0.430. The van der Waals surface area contributed by atoms with Crippen LogP contribution < -0.4 is 20.1 Å². The Labute approximate surface area is 221 Å². The molecule has 1 aliphatic heterocycles. The lowest BCUT2D eigenvalue weighted by Gasteiger charge is -2.38. The molecule has 38 heavy (non-hydrogen) atoms. The molecule has 0 saturated heterocycles. The van der Waals surface area contributed by atoms with Crippen molar-refractivity contribution in [3.05, 3.63) is 94.9 Å². The highest BCUT2D eigenvalue weighted by Gasteiger charge is 2.44. The molecule has 1 atom stereocenters. The average molecular weight is 514 g/mol. The topological polar surface area (TPSA) is 103 Å². The van der Waals surface area contributed by atoms with E-state index >= 15 is 0 Å². The van der Waals surface area contributed by atoms with E-state index in [0.717, 1.165) is 11.4 Å². The van der Waals surface area contributed by atoms with Gasteiger partial charge in [0.1, 0.15) is 35.4 Å². The molecule has 0 bridgehead atoms. The lowest BCUT2D eigenvalue weighted by molar-refractivity contribution is -0.118. The maximum Gasteiger partial charge on any atom is 0.255 e. The number of allylic oxidation sites excluding steroid dienone is 3. The van der Waals surface area contributed by atoms with Gasteiger partial charge in [-0.25, -0.2) is 4.98 Å². The highest BCUT2D eigenvalue weighted by Crippen LogP contribution is 2.47. The van der Waals surface area contributed by atoms with Crippen LogP contribution in [-0.4, -0.2) is 23.8 Å². The van der Waals surface area contributed by atoms with Gasteiger partial charge >= 0.3 is 0 Å². The van der Waals surface area contributed by atoms with Crippen LogP contribution in [0.4, 0.5) is 5.82 Å². The van der Waals surface area contributed by atoms with E-state index < -0.39 is 5.92 Å². The van der Waals surface area contributed by atoms with Gasteiger partial charge in [0.2, 0.25) is 0 Å². The fourth-order valence-corrected chi connectivity index (χ4v) is 5.10. The number of anilines is 1. The predicted molar refractivity (Wildman–Crippen MR) is 143 cm³/mol. The fraction of sp³-hybridized carbons (Fsp3) is 0.300. The summed E-state index contributed by atoms with van der Waals surface area (Å²) in [6.07, 6.45) is 2.71. The molecule has 3 heterocycles. The van der Waals surface area contributed by atoms with Crippen LogP contribution in [0.1, 0.15) is 51.1 Å². The fourth-order valence-electron chi connectivity index (χ4n) is 5.10. The van der Waals surface area contributed by atoms with Crippen molar-refractivity contribution in [1.29, 1.82) is 0 Å². The number of methoxy groups -OCH3 is 1. The molecule has 0 radical (unpaired) electrons. The third kappa shape index (κ3) is 5.20. The highest BCUT2D eigenvalue weighted by atomic mass is 16.5. The number of aromatic nitrogens is 1. The molecule has 0 fully saturated rings. The molecular formula is C30H31N3O5. The molecule has 196 valence electrons. The van der Waals surface area contributed by atoms with E-state index in [-0.39, 0.29) is 23.7 Å². The number of carbonyl (C=O) groups is 2. The summed E-state index contributed by atoms with van der Waals surface area (Å²) in [5.41, 5.74) is 2.36. The average Bonchev–Trinajstić information content (AvgIpc) is 3.35. The Morgan fingerprint density at radius 3 is 2.58 bits per heavy atom. The Bertz CT molecular complexity index is 1420. The summed E-state index contributed by atoms with van der Waals surface area (Å²) in [7, 11) is 1.61. The van der Waals surface area contributed by atoms with Crippen molar-refractivity contribution in [2.45, 2.75) is 46.1 Å². The lowest BCUT2D eigenvalue weighted by atomic mass is 9.69. The van der Waals surface area contributed by atoms with E-state index in [1.807, 2.05) is 43.3 Å². The zero-order valence-corrected chi connectivity index (χ0v) is 22.0. The number of ketones is 1. The summed E-state index contributed by atoms with van der Waals surface area (Å²) in [5, 5.41) is 6.24. The maximum atomic E-state index is 13.6.